The second-order valence-corrected chi connectivity index (χ2v) is 4.24. The fourth-order valence-corrected chi connectivity index (χ4v) is 1.73. The lowest BCUT2D eigenvalue weighted by atomic mass is 10.2. The summed E-state index contributed by atoms with van der Waals surface area (Å²) in [5.41, 5.74) is 2.93. The number of carbonyl (C=O) groups is 1. The summed E-state index contributed by atoms with van der Waals surface area (Å²) in [5, 5.41) is 5.82. The van der Waals surface area contributed by atoms with Gasteiger partial charge in [-0.1, -0.05) is 6.58 Å². The van der Waals surface area contributed by atoms with Gasteiger partial charge in [0.15, 0.2) is 5.65 Å². The normalized spacial score (nSPS) is 11.8. The molecule has 0 radical (unpaired) electrons. The molecule has 0 aliphatic rings. The van der Waals surface area contributed by atoms with Gasteiger partial charge in [-0.15, -0.1) is 0 Å². The van der Waals surface area contributed by atoms with Crippen molar-refractivity contribution in [1.82, 2.24) is 20.3 Å². The van der Waals surface area contributed by atoms with E-state index >= 15 is 0 Å². The number of aromatic nitrogens is 3. The van der Waals surface area contributed by atoms with Gasteiger partial charge in [0, 0.05) is 30.6 Å². The zero-order valence-electron chi connectivity index (χ0n) is 10.6. The van der Waals surface area contributed by atoms with E-state index in [-0.39, 0.29) is 6.04 Å². The molecule has 98 valence electrons. The maximum absolute atomic E-state index is 10.3. The van der Waals surface area contributed by atoms with Gasteiger partial charge >= 0.3 is 0 Å². The predicted octanol–water partition coefficient (Wildman–Crippen LogP) is 1.47. The van der Waals surface area contributed by atoms with E-state index in [9.17, 15) is 4.79 Å². The Hall–Kier alpha value is -2.50. The van der Waals surface area contributed by atoms with Gasteiger partial charge in [0.05, 0.1) is 11.9 Å². The van der Waals surface area contributed by atoms with Gasteiger partial charge in [-0.25, -0.2) is 9.97 Å². The Morgan fingerprint density at radius 1 is 1.42 bits per heavy atom. The van der Waals surface area contributed by atoms with Crippen molar-refractivity contribution < 1.29 is 4.79 Å². The molecule has 1 unspecified atom stereocenters. The first-order valence-corrected chi connectivity index (χ1v) is 5.90. The van der Waals surface area contributed by atoms with E-state index in [1.165, 1.54) is 0 Å². The van der Waals surface area contributed by atoms with Crippen LogP contribution >= 0.6 is 0 Å². The van der Waals surface area contributed by atoms with E-state index in [2.05, 4.69) is 32.2 Å². The lowest BCUT2D eigenvalue weighted by Gasteiger charge is -2.14. The highest BCUT2D eigenvalue weighted by molar-refractivity contribution is 5.73. The molecular formula is C13H15N5O. The molecule has 0 saturated heterocycles. The third-order valence-corrected chi connectivity index (χ3v) is 2.55. The molecule has 2 aromatic rings. The van der Waals surface area contributed by atoms with Crippen LogP contribution in [-0.4, -0.2) is 27.4 Å². The zero-order chi connectivity index (χ0) is 13.7. The SMILES string of the molecule is C=C(CC(C)NC=O)Nc1cnc2nccnc2c1. The summed E-state index contributed by atoms with van der Waals surface area (Å²) in [7, 11) is 0. The fourth-order valence-electron chi connectivity index (χ4n) is 1.73. The molecular weight excluding hydrogens is 242 g/mol. The summed E-state index contributed by atoms with van der Waals surface area (Å²) in [4.78, 5) is 22.8. The van der Waals surface area contributed by atoms with Gasteiger partial charge in [0.1, 0.15) is 5.52 Å². The van der Waals surface area contributed by atoms with Crippen LogP contribution in [0.5, 0.6) is 0 Å². The quantitative estimate of drug-likeness (QED) is 0.766. The molecule has 0 saturated carbocycles. The number of fused-ring (bicyclic) bond motifs is 1. The van der Waals surface area contributed by atoms with Gasteiger partial charge in [0.2, 0.25) is 6.41 Å². The van der Waals surface area contributed by atoms with Crippen LogP contribution in [0.2, 0.25) is 0 Å². The standard InChI is InChI=1S/C13H15N5O/c1-9(17-8-19)5-10(2)18-11-6-12-13(16-7-11)15-4-3-14-12/h3-4,6-9,18H,2,5H2,1H3,(H,17,19). The van der Waals surface area contributed by atoms with Crippen molar-refractivity contribution in [2.75, 3.05) is 5.32 Å². The topological polar surface area (TPSA) is 79.8 Å². The summed E-state index contributed by atoms with van der Waals surface area (Å²) in [6.07, 6.45) is 6.23. The molecule has 6 nitrogen and oxygen atoms in total. The van der Waals surface area contributed by atoms with E-state index in [1.807, 2.05) is 13.0 Å². The van der Waals surface area contributed by atoms with Crippen molar-refractivity contribution in [3.8, 4) is 0 Å². The minimum absolute atomic E-state index is 0.0331. The van der Waals surface area contributed by atoms with Crippen LogP contribution in [0.25, 0.3) is 11.2 Å². The van der Waals surface area contributed by atoms with Crippen LogP contribution in [0.15, 0.2) is 36.9 Å². The summed E-state index contributed by atoms with van der Waals surface area (Å²) in [6.45, 7) is 5.83. The van der Waals surface area contributed by atoms with Crippen molar-refractivity contribution in [2.45, 2.75) is 19.4 Å². The molecule has 2 heterocycles. The average Bonchev–Trinajstić information content (AvgIpc) is 2.38. The monoisotopic (exact) mass is 257 g/mol. The second kappa shape index (κ2) is 5.90. The number of nitrogens with zero attached hydrogens (tertiary/aromatic N) is 3. The molecule has 2 N–H and O–H groups in total. The number of carbonyl (C=O) groups excluding carboxylic acids is 1. The highest BCUT2D eigenvalue weighted by Gasteiger charge is 2.04. The van der Waals surface area contributed by atoms with Gasteiger partial charge in [0.25, 0.3) is 0 Å². The lowest BCUT2D eigenvalue weighted by Crippen LogP contribution is -2.25. The zero-order valence-corrected chi connectivity index (χ0v) is 10.6. The molecule has 1 amide bonds. The molecule has 6 heteroatoms. The highest BCUT2D eigenvalue weighted by Crippen LogP contribution is 2.15. The average molecular weight is 257 g/mol. The summed E-state index contributed by atoms with van der Waals surface area (Å²) in [6, 6.07) is 1.89. The molecule has 0 bridgehead atoms. The number of amides is 1. The fraction of sp³-hybridized carbons (Fsp3) is 0.231. The van der Waals surface area contributed by atoms with E-state index < -0.39 is 0 Å². The van der Waals surface area contributed by atoms with Crippen LogP contribution in [0, 0.1) is 0 Å². The minimum Gasteiger partial charge on any atom is -0.358 e. The Morgan fingerprint density at radius 2 is 2.21 bits per heavy atom. The van der Waals surface area contributed by atoms with E-state index in [4.69, 9.17) is 0 Å². The Balaban J connectivity index is 2.04. The van der Waals surface area contributed by atoms with E-state index in [0.717, 1.165) is 16.9 Å². The van der Waals surface area contributed by atoms with Crippen LogP contribution in [0.3, 0.4) is 0 Å². The summed E-state index contributed by atoms with van der Waals surface area (Å²) < 4.78 is 0. The van der Waals surface area contributed by atoms with E-state index in [0.29, 0.717) is 18.5 Å². The van der Waals surface area contributed by atoms with Crippen molar-refractivity contribution in [1.29, 1.82) is 0 Å². The first kappa shape index (κ1) is 12.9. The molecule has 0 spiro atoms. The molecule has 0 aromatic carbocycles. The van der Waals surface area contributed by atoms with Gasteiger partial charge in [-0.05, 0) is 13.0 Å². The van der Waals surface area contributed by atoms with Crippen molar-refractivity contribution in [3.05, 3.63) is 36.9 Å². The Labute approximate surface area is 111 Å². The number of pyridine rings is 1. The molecule has 0 aliphatic heterocycles. The number of rotatable bonds is 6. The number of nitrogens with one attached hydrogen (secondary N) is 2. The third kappa shape index (κ3) is 3.48. The first-order chi connectivity index (χ1) is 9.19. The summed E-state index contributed by atoms with van der Waals surface area (Å²) in [5.74, 6) is 0. The molecule has 1 atom stereocenters. The molecule has 2 aromatic heterocycles. The van der Waals surface area contributed by atoms with Crippen LogP contribution in [0.1, 0.15) is 13.3 Å². The Morgan fingerprint density at radius 3 is 3.00 bits per heavy atom. The number of hydrogen-bond acceptors (Lipinski definition) is 5. The minimum atomic E-state index is 0.0331. The molecule has 2 rings (SSSR count). The van der Waals surface area contributed by atoms with Gasteiger partial charge < -0.3 is 10.6 Å². The maximum atomic E-state index is 10.3. The second-order valence-electron chi connectivity index (χ2n) is 4.24. The number of hydrogen-bond donors (Lipinski definition) is 2. The van der Waals surface area contributed by atoms with Crippen molar-refractivity contribution in [3.63, 3.8) is 0 Å². The lowest BCUT2D eigenvalue weighted by molar-refractivity contribution is -0.110. The first-order valence-electron chi connectivity index (χ1n) is 5.90. The van der Waals surface area contributed by atoms with Crippen LogP contribution in [-0.2, 0) is 4.79 Å². The van der Waals surface area contributed by atoms with Crippen molar-refractivity contribution in [2.24, 2.45) is 0 Å². The van der Waals surface area contributed by atoms with E-state index in [1.54, 1.807) is 18.6 Å². The van der Waals surface area contributed by atoms with Crippen LogP contribution < -0.4 is 10.6 Å². The smallest absolute Gasteiger partial charge is 0.207 e. The number of anilines is 1. The third-order valence-electron chi connectivity index (χ3n) is 2.55. The van der Waals surface area contributed by atoms with Gasteiger partial charge in [-0.2, -0.15) is 0 Å². The largest absolute Gasteiger partial charge is 0.358 e. The summed E-state index contributed by atoms with van der Waals surface area (Å²) >= 11 is 0. The predicted molar refractivity (Wildman–Crippen MR) is 73.4 cm³/mol. The maximum Gasteiger partial charge on any atom is 0.207 e. The van der Waals surface area contributed by atoms with Crippen molar-refractivity contribution >= 4 is 23.3 Å². The Kier molecular flexibility index (Phi) is 4.02. The van der Waals surface area contributed by atoms with Crippen LogP contribution in [0.4, 0.5) is 5.69 Å². The Bertz CT molecular complexity index is 598. The van der Waals surface area contributed by atoms with Gasteiger partial charge in [-0.3, -0.25) is 9.78 Å². The molecule has 19 heavy (non-hydrogen) atoms. The highest BCUT2D eigenvalue weighted by atomic mass is 16.1. The molecule has 0 fully saturated rings. The molecule has 0 aliphatic carbocycles.